The molecule has 0 aromatic carbocycles. The first-order valence-electron chi connectivity index (χ1n) is 8.69. The molecule has 1 rings (SSSR count). The minimum absolute atomic E-state index is 0.477. The van der Waals surface area contributed by atoms with Crippen molar-refractivity contribution in [3.05, 3.63) is 0 Å². The maximum Gasteiger partial charge on any atom is 0.00956 e. The van der Waals surface area contributed by atoms with E-state index < -0.39 is 0 Å². The van der Waals surface area contributed by atoms with Crippen molar-refractivity contribution < 1.29 is 0 Å². The van der Waals surface area contributed by atoms with Gasteiger partial charge in [0.05, 0.1) is 0 Å². The van der Waals surface area contributed by atoms with Crippen LogP contribution in [0.25, 0.3) is 0 Å². The Labute approximate surface area is 121 Å². The van der Waals surface area contributed by atoms with Gasteiger partial charge in [0.25, 0.3) is 0 Å². The Morgan fingerprint density at radius 2 is 1.89 bits per heavy atom. The minimum atomic E-state index is 0.477. The molecule has 0 aromatic rings. The summed E-state index contributed by atoms with van der Waals surface area (Å²) in [6.07, 6.45) is 11.2. The van der Waals surface area contributed by atoms with Crippen molar-refractivity contribution >= 4 is 0 Å². The Balaban J connectivity index is 2.51. The fourth-order valence-electron chi connectivity index (χ4n) is 3.49. The molecule has 0 aromatic heterocycles. The van der Waals surface area contributed by atoms with Gasteiger partial charge in [-0.15, -0.1) is 0 Å². The van der Waals surface area contributed by atoms with Gasteiger partial charge in [-0.2, -0.15) is 0 Å². The van der Waals surface area contributed by atoms with E-state index in [1.165, 1.54) is 57.9 Å². The Morgan fingerprint density at radius 3 is 2.47 bits per heavy atom. The number of hydrogen-bond donors (Lipinski definition) is 1. The Hall–Kier alpha value is -0.0400. The van der Waals surface area contributed by atoms with Crippen LogP contribution in [0.2, 0.25) is 0 Å². The van der Waals surface area contributed by atoms with Crippen LogP contribution in [-0.2, 0) is 0 Å². The Morgan fingerprint density at radius 1 is 1.16 bits per heavy atom. The molecular formula is C18H37N. The highest BCUT2D eigenvalue weighted by molar-refractivity contribution is 4.83. The van der Waals surface area contributed by atoms with Gasteiger partial charge in [-0.3, -0.25) is 0 Å². The Kier molecular flexibility index (Phi) is 7.42. The van der Waals surface area contributed by atoms with Crippen LogP contribution in [0.15, 0.2) is 0 Å². The van der Waals surface area contributed by atoms with Crippen molar-refractivity contribution in [3.8, 4) is 0 Å². The standard InChI is InChI=1S/C18H37N/c1-6-13-19-17(11-12-18(3,4)5)16-10-8-9-15(7-2)14-16/h15-17,19H,6-14H2,1-5H3. The lowest BCUT2D eigenvalue weighted by Gasteiger charge is -2.36. The monoisotopic (exact) mass is 267 g/mol. The fourth-order valence-corrected chi connectivity index (χ4v) is 3.49. The van der Waals surface area contributed by atoms with Gasteiger partial charge >= 0.3 is 0 Å². The Bertz CT molecular complexity index is 228. The maximum atomic E-state index is 3.86. The van der Waals surface area contributed by atoms with E-state index in [-0.39, 0.29) is 0 Å². The molecule has 0 heterocycles. The molecule has 1 aliphatic carbocycles. The highest BCUT2D eigenvalue weighted by Gasteiger charge is 2.28. The lowest BCUT2D eigenvalue weighted by Crippen LogP contribution is -2.39. The third-order valence-corrected chi connectivity index (χ3v) is 4.83. The van der Waals surface area contributed by atoms with E-state index >= 15 is 0 Å². The largest absolute Gasteiger partial charge is 0.314 e. The van der Waals surface area contributed by atoms with Gasteiger partial charge < -0.3 is 5.32 Å². The molecule has 0 bridgehead atoms. The summed E-state index contributed by atoms with van der Waals surface area (Å²) >= 11 is 0. The van der Waals surface area contributed by atoms with Gasteiger partial charge in [-0.25, -0.2) is 0 Å². The molecule has 1 fully saturated rings. The normalized spacial score (nSPS) is 26.4. The number of hydrogen-bond acceptors (Lipinski definition) is 1. The van der Waals surface area contributed by atoms with Crippen LogP contribution in [0.1, 0.15) is 86.0 Å². The van der Waals surface area contributed by atoms with Gasteiger partial charge in [-0.05, 0) is 55.9 Å². The summed E-state index contributed by atoms with van der Waals surface area (Å²) < 4.78 is 0. The summed E-state index contributed by atoms with van der Waals surface area (Å²) in [7, 11) is 0. The van der Waals surface area contributed by atoms with Crippen molar-refractivity contribution in [2.75, 3.05) is 6.54 Å². The summed E-state index contributed by atoms with van der Waals surface area (Å²) in [5.41, 5.74) is 0.477. The van der Waals surface area contributed by atoms with Crippen LogP contribution in [0.4, 0.5) is 0 Å². The van der Waals surface area contributed by atoms with Gasteiger partial charge in [-0.1, -0.05) is 53.9 Å². The highest BCUT2D eigenvalue weighted by Crippen LogP contribution is 2.35. The molecule has 0 spiro atoms. The molecule has 0 saturated heterocycles. The van der Waals surface area contributed by atoms with Crippen LogP contribution in [-0.4, -0.2) is 12.6 Å². The maximum absolute atomic E-state index is 3.86. The van der Waals surface area contributed by atoms with E-state index in [0.29, 0.717) is 5.41 Å². The molecule has 3 atom stereocenters. The summed E-state index contributed by atoms with van der Waals surface area (Å²) in [6, 6.07) is 0.772. The molecule has 1 nitrogen and oxygen atoms in total. The molecule has 1 N–H and O–H groups in total. The SMILES string of the molecule is CCCNC(CCC(C)(C)C)C1CCCC(CC)C1. The molecule has 0 aliphatic heterocycles. The average molecular weight is 268 g/mol. The summed E-state index contributed by atoms with van der Waals surface area (Å²) in [6.45, 7) is 13.0. The van der Waals surface area contributed by atoms with Crippen LogP contribution in [0.5, 0.6) is 0 Å². The van der Waals surface area contributed by atoms with Crippen molar-refractivity contribution in [1.29, 1.82) is 0 Å². The van der Waals surface area contributed by atoms with Crippen molar-refractivity contribution in [3.63, 3.8) is 0 Å². The van der Waals surface area contributed by atoms with E-state index in [4.69, 9.17) is 0 Å². The molecule has 1 aliphatic rings. The van der Waals surface area contributed by atoms with E-state index in [1.54, 1.807) is 0 Å². The van der Waals surface area contributed by atoms with Crippen molar-refractivity contribution in [2.45, 2.75) is 92.0 Å². The molecule has 1 heteroatoms. The second-order valence-electron chi connectivity index (χ2n) is 7.86. The third-order valence-electron chi connectivity index (χ3n) is 4.83. The van der Waals surface area contributed by atoms with E-state index in [2.05, 4.69) is 39.9 Å². The number of nitrogens with one attached hydrogen (secondary N) is 1. The number of rotatable bonds is 7. The average Bonchev–Trinajstić information content (AvgIpc) is 2.38. The van der Waals surface area contributed by atoms with E-state index in [0.717, 1.165) is 17.9 Å². The van der Waals surface area contributed by atoms with Crippen molar-refractivity contribution in [2.24, 2.45) is 17.3 Å². The first-order valence-corrected chi connectivity index (χ1v) is 8.69. The van der Waals surface area contributed by atoms with Gasteiger partial charge in [0.1, 0.15) is 0 Å². The molecule has 1 saturated carbocycles. The predicted molar refractivity (Wildman–Crippen MR) is 86.5 cm³/mol. The third kappa shape index (κ3) is 6.79. The van der Waals surface area contributed by atoms with E-state index in [1.807, 2.05) is 0 Å². The van der Waals surface area contributed by atoms with Crippen LogP contribution in [0, 0.1) is 17.3 Å². The zero-order valence-electron chi connectivity index (χ0n) is 14.1. The second kappa shape index (κ2) is 8.29. The smallest absolute Gasteiger partial charge is 0.00956 e. The van der Waals surface area contributed by atoms with Crippen molar-refractivity contribution in [1.82, 2.24) is 5.32 Å². The highest BCUT2D eigenvalue weighted by atomic mass is 14.9. The molecule has 0 radical (unpaired) electrons. The second-order valence-corrected chi connectivity index (χ2v) is 7.86. The fraction of sp³-hybridized carbons (Fsp3) is 1.00. The molecule has 3 unspecified atom stereocenters. The molecule has 19 heavy (non-hydrogen) atoms. The van der Waals surface area contributed by atoms with Gasteiger partial charge in [0.15, 0.2) is 0 Å². The first-order chi connectivity index (χ1) is 8.96. The molecule has 114 valence electrons. The predicted octanol–water partition coefficient (Wildman–Crippen LogP) is 5.40. The zero-order valence-corrected chi connectivity index (χ0v) is 14.1. The topological polar surface area (TPSA) is 12.0 Å². The zero-order chi connectivity index (χ0) is 14.3. The lowest BCUT2D eigenvalue weighted by atomic mass is 9.74. The van der Waals surface area contributed by atoms with Crippen LogP contribution >= 0.6 is 0 Å². The minimum Gasteiger partial charge on any atom is -0.314 e. The first kappa shape index (κ1) is 17.0. The van der Waals surface area contributed by atoms with Crippen LogP contribution < -0.4 is 5.32 Å². The van der Waals surface area contributed by atoms with Gasteiger partial charge in [0.2, 0.25) is 0 Å². The van der Waals surface area contributed by atoms with Gasteiger partial charge in [0, 0.05) is 6.04 Å². The summed E-state index contributed by atoms with van der Waals surface area (Å²) in [5, 5.41) is 3.86. The van der Waals surface area contributed by atoms with Crippen LogP contribution in [0.3, 0.4) is 0 Å². The lowest BCUT2D eigenvalue weighted by molar-refractivity contribution is 0.188. The molecular weight excluding hydrogens is 230 g/mol. The molecule has 0 amide bonds. The van der Waals surface area contributed by atoms with E-state index in [9.17, 15) is 0 Å². The summed E-state index contributed by atoms with van der Waals surface area (Å²) in [4.78, 5) is 0. The quantitative estimate of drug-likeness (QED) is 0.651. The summed E-state index contributed by atoms with van der Waals surface area (Å²) in [5.74, 6) is 1.94.